The Morgan fingerprint density at radius 1 is 1.30 bits per heavy atom. The van der Waals surface area contributed by atoms with Gasteiger partial charge in [-0.25, -0.2) is 4.79 Å². The molecule has 2 amide bonds. The molecule has 1 fully saturated rings. The highest BCUT2D eigenvalue weighted by atomic mass is 16.4. The lowest BCUT2D eigenvalue weighted by molar-refractivity contribution is -0.142. The maximum absolute atomic E-state index is 11.9. The van der Waals surface area contributed by atoms with Crippen LogP contribution >= 0.6 is 0 Å². The van der Waals surface area contributed by atoms with E-state index in [1.54, 1.807) is 7.05 Å². The number of nitrogens with one attached hydrogen (secondary N) is 1. The van der Waals surface area contributed by atoms with E-state index in [4.69, 9.17) is 5.11 Å². The summed E-state index contributed by atoms with van der Waals surface area (Å²) in [5, 5.41) is 21.9. The summed E-state index contributed by atoms with van der Waals surface area (Å²) in [7, 11) is 1.62. The second-order valence-electron chi connectivity index (χ2n) is 6.16. The molecule has 0 spiro atoms. The van der Waals surface area contributed by atoms with Crippen LogP contribution in [0.5, 0.6) is 0 Å². The van der Waals surface area contributed by atoms with E-state index >= 15 is 0 Å². The van der Waals surface area contributed by atoms with Gasteiger partial charge in [0.1, 0.15) is 0 Å². The van der Waals surface area contributed by atoms with Crippen LogP contribution in [0, 0.1) is 11.8 Å². The van der Waals surface area contributed by atoms with Crippen molar-refractivity contribution in [2.45, 2.75) is 45.1 Å². The lowest BCUT2D eigenvalue weighted by Gasteiger charge is -2.29. The Balaban J connectivity index is 2.43. The molecule has 6 nitrogen and oxygen atoms in total. The van der Waals surface area contributed by atoms with Gasteiger partial charge in [-0.2, -0.15) is 0 Å². The first-order valence-corrected chi connectivity index (χ1v) is 7.19. The highest BCUT2D eigenvalue weighted by Gasteiger charge is 2.33. The van der Waals surface area contributed by atoms with Gasteiger partial charge in [0.05, 0.1) is 18.1 Å². The topological polar surface area (TPSA) is 89.9 Å². The molecule has 6 heteroatoms. The van der Waals surface area contributed by atoms with Gasteiger partial charge in [-0.15, -0.1) is 0 Å². The van der Waals surface area contributed by atoms with Gasteiger partial charge < -0.3 is 20.4 Å². The van der Waals surface area contributed by atoms with Crippen LogP contribution in [0.2, 0.25) is 0 Å². The molecule has 116 valence electrons. The Hall–Kier alpha value is -1.30. The minimum Gasteiger partial charge on any atom is -0.481 e. The summed E-state index contributed by atoms with van der Waals surface area (Å²) in [6, 6.07) is -0.336. The van der Waals surface area contributed by atoms with Gasteiger partial charge in [0.15, 0.2) is 0 Å². The van der Waals surface area contributed by atoms with Crippen LogP contribution in [0.25, 0.3) is 0 Å². The Kier molecular flexibility index (Phi) is 5.80. The number of hydrogen-bond acceptors (Lipinski definition) is 3. The van der Waals surface area contributed by atoms with Crippen molar-refractivity contribution in [2.24, 2.45) is 11.8 Å². The number of likely N-dealkylation sites (N-methyl/N-ethyl adjacent to an activating group) is 1. The van der Waals surface area contributed by atoms with Gasteiger partial charge in [-0.1, -0.05) is 26.7 Å². The van der Waals surface area contributed by atoms with Crippen molar-refractivity contribution >= 4 is 12.0 Å². The molecule has 0 aromatic rings. The van der Waals surface area contributed by atoms with E-state index in [-0.39, 0.29) is 25.0 Å². The Labute approximate surface area is 120 Å². The smallest absolute Gasteiger partial charge is 0.317 e. The van der Waals surface area contributed by atoms with Crippen LogP contribution in [0.4, 0.5) is 4.79 Å². The highest BCUT2D eigenvalue weighted by Crippen LogP contribution is 2.29. The fraction of sp³-hybridized carbons (Fsp3) is 0.857. The summed E-state index contributed by atoms with van der Waals surface area (Å²) < 4.78 is 0. The quantitative estimate of drug-likeness (QED) is 0.686. The van der Waals surface area contributed by atoms with Gasteiger partial charge in [0.2, 0.25) is 0 Å². The molecule has 1 atom stereocenters. The largest absolute Gasteiger partial charge is 0.481 e. The fourth-order valence-corrected chi connectivity index (χ4v) is 2.64. The predicted octanol–water partition coefficient (Wildman–Crippen LogP) is 1.29. The first kappa shape index (κ1) is 16.8. The number of amides is 2. The lowest BCUT2D eigenvalue weighted by atomic mass is 9.96. The molecule has 1 unspecified atom stereocenters. The summed E-state index contributed by atoms with van der Waals surface area (Å²) >= 11 is 0. The van der Waals surface area contributed by atoms with Crippen molar-refractivity contribution in [3.8, 4) is 0 Å². The summed E-state index contributed by atoms with van der Waals surface area (Å²) in [4.78, 5) is 24.4. The summed E-state index contributed by atoms with van der Waals surface area (Å²) in [6.07, 6.45) is 3.41. The zero-order chi connectivity index (χ0) is 15.3. The summed E-state index contributed by atoms with van der Waals surface area (Å²) in [5.74, 6) is -1.54. The number of urea groups is 1. The van der Waals surface area contributed by atoms with Gasteiger partial charge in [0.25, 0.3) is 0 Å². The number of rotatable bonds is 6. The first-order chi connectivity index (χ1) is 9.25. The summed E-state index contributed by atoms with van der Waals surface area (Å²) in [6.45, 7) is 4.03. The molecule has 20 heavy (non-hydrogen) atoms. The third-order valence-electron chi connectivity index (χ3n) is 4.01. The van der Waals surface area contributed by atoms with Crippen LogP contribution < -0.4 is 5.32 Å². The molecule has 1 saturated carbocycles. The normalized spacial score (nSPS) is 18.9. The second-order valence-corrected chi connectivity index (χ2v) is 6.16. The standard InChI is InChI=1S/C14H26N2O4/c1-10(2)11(12(17)18)8-15-13(19)16(3)9-14(20)6-4-5-7-14/h10-11,20H,4-9H2,1-3H3,(H,15,19)(H,17,18). The van der Waals surface area contributed by atoms with E-state index in [0.29, 0.717) is 12.8 Å². The third kappa shape index (κ3) is 4.67. The van der Waals surface area contributed by atoms with Crippen LogP contribution in [0.15, 0.2) is 0 Å². The molecular formula is C14H26N2O4. The number of carboxylic acids is 1. The number of nitrogens with zero attached hydrogens (tertiary/aromatic N) is 1. The van der Waals surface area contributed by atoms with Gasteiger partial charge in [-0.05, 0) is 18.8 Å². The average Bonchev–Trinajstić information content (AvgIpc) is 2.74. The van der Waals surface area contributed by atoms with Crippen molar-refractivity contribution < 1.29 is 19.8 Å². The maximum Gasteiger partial charge on any atom is 0.317 e. The average molecular weight is 286 g/mol. The maximum atomic E-state index is 11.9. The molecule has 0 aromatic carbocycles. The molecule has 0 radical (unpaired) electrons. The number of carbonyl (C=O) groups excluding carboxylic acids is 1. The zero-order valence-corrected chi connectivity index (χ0v) is 12.6. The van der Waals surface area contributed by atoms with Crippen LogP contribution in [0.1, 0.15) is 39.5 Å². The Morgan fingerprint density at radius 2 is 1.85 bits per heavy atom. The number of aliphatic carboxylic acids is 1. The summed E-state index contributed by atoms with van der Waals surface area (Å²) in [5.41, 5.74) is -0.781. The molecular weight excluding hydrogens is 260 g/mol. The van der Waals surface area contributed by atoms with Crippen molar-refractivity contribution in [3.05, 3.63) is 0 Å². The van der Waals surface area contributed by atoms with E-state index in [0.717, 1.165) is 12.8 Å². The molecule has 1 rings (SSSR count). The molecule has 0 aromatic heterocycles. The molecule has 0 heterocycles. The van der Waals surface area contributed by atoms with E-state index in [9.17, 15) is 14.7 Å². The lowest BCUT2D eigenvalue weighted by Crippen LogP contribution is -2.47. The van der Waals surface area contributed by atoms with E-state index in [1.807, 2.05) is 13.8 Å². The Morgan fingerprint density at radius 3 is 2.30 bits per heavy atom. The minimum absolute atomic E-state index is 0.0443. The van der Waals surface area contributed by atoms with Gasteiger partial charge in [-0.3, -0.25) is 4.79 Å². The number of carboxylic acid groups (broad SMARTS) is 1. The third-order valence-corrected chi connectivity index (χ3v) is 4.01. The van der Waals surface area contributed by atoms with Crippen LogP contribution in [-0.2, 0) is 4.79 Å². The van der Waals surface area contributed by atoms with E-state index < -0.39 is 17.5 Å². The monoisotopic (exact) mass is 286 g/mol. The molecule has 3 N–H and O–H groups in total. The van der Waals surface area contributed by atoms with E-state index in [2.05, 4.69) is 5.32 Å². The number of carbonyl (C=O) groups is 2. The van der Waals surface area contributed by atoms with Crippen LogP contribution in [0.3, 0.4) is 0 Å². The minimum atomic E-state index is -0.905. The SMILES string of the molecule is CC(C)C(CNC(=O)N(C)CC1(O)CCCC1)C(=O)O. The van der Waals surface area contributed by atoms with Crippen LogP contribution in [-0.4, -0.2) is 52.9 Å². The molecule has 1 aliphatic rings. The number of aliphatic hydroxyl groups is 1. The van der Waals surface area contributed by atoms with Gasteiger partial charge >= 0.3 is 12.0 Å². The van der Waals surface area contributed by atoms with Gasteiger partial charge in [0, 0.05) is 13.6 Å². The zero-order valence-electron chi connectivity index (χ0n) is 12.6. The second kappa shape index (κ2) is 6.92. The predicted molar refractivity (Wildman–Crippen MR) is 75.4 cm³/mol. The van der Waals surface area contributed by atoms with Crippen molar-refractivity contribution in [3.63, 3.8) is 0 Å². The molecule has 0 aliphatic heterocycles. The highest BCUT2D eigenvalue weighted by molar-refractivity contribution is 5.76. The Bertz CT molecular complexity index is 351. The molecule has 0 bridgehead atoms. The van der Waals surface area contributed by atoms with Crippen molar-refractivity contribution in [2.75, 3.05) is 20.1 Å². The molecule has 1 aliphatic carbocycles. The fourth-order valence-electron chi connectivity index (χ4n) is 2.64. The van der Waals surface area contributed by atoms with Crippen molar-refractivity contribution in [1.29, 1.82) is 0 Å². The van der Waals surface area contributed by atoms with Crippen molar-refractivity contribution in [1.82, 2.24) is 10.2 Å². The van der Waals surface area contributed by atoms with E-state index in [1.165, 1.54) is 4.90 Å². The number of hydrogen-bond donors (Lipinski definition) is 3. The molecule has 0 saturated heterocycles. The first-order valence-electron chi connectivity index (χ1n) is 7.19.